The molecule has 0 fully saturated rings. The Morgan fingerprint density at radius 1 is 1.58 bits per heavy atom. The molecule has 12 heavy (non-hydrogen) atoms. The standard InChI is InChI=1S/C7H10N4O/c8-5-4-2-1-3-11(4)10-6(5)7(9)12/h1-3,8H2,(H2,9,12). The largest absolute Gasteiger partial charge is 0.395 e. The maximum absolute atomic E-state index is 10.8. The van der Waals surface area contributed by atoms with Crippen molar-refractivity contribution in [1.82, 2.24) is 9.78 Å². The molecule has 2 rings (SSSR count). The topological polar surface area (TPSA) is 86.9 Å². The molecule has 2 heterocycles. The average Bonchev–Trinajstić information content (AvgIpc) is 2.53. The van der Waals surface area contributed by atoms with E-state index in [1.807, 2.05) is 0 Å². The monoisotopic (exact) mass is 166 g/mol. The number of anilines is 1. The lowest BCUT2D eigenvalue weighted by Crippen LogP contribution is -2.14. The first kappa shape index (κ1) is 7.15. The van der Waals surface area contributed by atoms with Gasteiger partial charge in [0.1, 0.15) is 0 Å². The van der Waals surface area contributed by atoms with Crippen LogP contribution in [0.15, 0.2) is 0 Å². The number of fused-ring (bicyclic) bond motifs is 1. The summed E-state index contributed by atoms with van der Waals surface area (Å²) in [6.45, 7) is 0.840. The van der Waals surface area contributed by atoms with Crippen molar-refractivity contribution in [2.75, 3.05) is 5.73 Å². The molecule has 4 N–H and O–H groups in total. The minimum Gasteiger partial charge on any atom is -0.395 e. The second kappa shape index (κ2) is 2.23. The van der Waals surface area contributed by atoms with Crippen LogP contribution in [0.25, 0.3) is 0 Å². The Bertz CT molecular complexity index is 341. The predicted molar refractivity (Wildman–Crippen MR) is 43.5 cm³/mol. The van der Waals surface area contributed by atoms with E-state index >= 15 is 0 Å². The molecule has 1 amide bonds. The summed E-state index contributed by atoms with van der Waals surface area (Å²) in [5.41, 5.74) is 12.4. The van der Waals surface area contributed by atoms with E-state index in [9.17, 15) is 4.79 Å². The Labute approximate surface area is 69.3 Å². The van der Waals surface area contributed by atoms with Crippen LogP contribution in [0.4, 0.5) is 5.69 Å². The van der Waals surface area contributed by atoms with Crippen LogP contribution in [0.2, 0.25) is 0 Å². The highest BCUT2D eigenvalue weighted by molar-refractivity contribution is 5.96. The molecular formula is C7H10N4O. The van der Waals surface area contributed by atoms with Crippen molar-refractivity contribution in [1.29, 1.82) is 0 Å². The molecule has 1 aliphatic heterocycles. The molecule has 0 unspecified atom stereocenters. The zero-order valence-electron chi connectivity index (χ0n) is 6.58. The Kier molecular flexibility index (Phi) is 1.33. The minimum absolute atomic E-state index is 0.213. The van der Waals surface area contributed by atoms with Crippen LogP contribution < -0.4 is 11.5 Å². The number of primary amides is 1. The van der Waals surface area contributed by atoms with Gasteiger partial charge in [0.2, 0.25) is 0 Å². The number of hydrogen-bond donors (Lipinski definition) is 2. The molecule has 5 heteroatoms. The van der Waals surface area contributed by atoms with E-state index in [2.05, 4.69) is 5.10 Å². The third-order valence-electron chi connectivity index (χ3n) is 2.12. The summed E-state index contributed by atoms with van der Waals surface area (Å²) in [5.74, 6) is -0.547. The molecule has 1 aromatic rings. The SMILES string of the molecule is NC(=O)c1nn2c(c1N)CCC2. The van der Waals surface area contributed by atoms with Crippen molar-refractivity contribution in [2.45, 2.75) is 19.4 Å². The lowest BCUT2D eigenvalue weighted by molar-refractivity contribution is 0.0995. The van der Waals surface area contributed by atoms with Crippen molar-refractivity contribution in [3.8, 4) is 0 Å². The van der Waals surface area contributed by atoms with Gasteiger partial charge in [-0.1, -0.05) is 0 Å². The van der Waals surface area contributed by atoms with Crippen LogP contribution in [-0.2, 0) is 13.0 Å². The van der Waals surface area contributed by atoms with E-state index in [-0.39, 0.29) is 5.69 Å². The third-order valence-corrected chi connectivity index (χ3v) is 2.12. The summed E-state index contributed by atoms with van der Waals surface area (Å²) < 4.78 is 1.76. The van der Waals surface area contributed by atoms with Gasteiger partial charge in [0, 0.05) is 6.54 Å². The van der Waals surface area contributed by atoms with Gasteiger partial charge < -0.3 is 11.5 Å². The number of amides is 1. The summed E-state index contributed by atoms with van der Waals surface area (Å²) >= 11 is 0. The molecule has 0 saturated heterocycles. The van der Waals surface area contributed by atoms with Crippen molar-refractivity contribution in [3.05, 3.63) is 11.4 Å². The van der Waals surface area contributed by atoms with Crippen LogP contribution in [-0.4, -0.2) is 15.7 Å². The van der Waals surface area contributed by atoms with Gasteiger partial charge in [0.05, 0.1) is 11.4 Å². The fourth-order valence-electron chi connectivity index (χ4n) is 1.54. The molecule has 0 aliphatic carbocycles. The van der Waals surface area contributed by atoms with Gasteiger partial charge in [-0.15, -0.1) is 0 Å². The van der Waals surface area contributed by atoms with E-state index in [0.717, 1.165) is 25.1 Å². The van der Waals surface area contributed by atoms with Gasteiger partial charge in [0.15, 0.2) is 5.69 Å². The van der Waals surface area contributed by atoms with E-state index in [0.29, 0.717) is 5.69 Å². The molecule has 64 valence electrons. The summed E-state index contributed by atoms with van der Waals surface area (Å²) in [6, 6.07) is 0. The van der Waals surface area contributed by atoms with Crippen LogP contribution in [0.1, 0.15) is 22.6 Å². The molecule has 5 nitrogen and oxygen atoms in total. The molecule has 0 bridgehead atoms. The number of aryl methyl sites for hydroxylation is 1. The van der Waals surface area contributed by atoms with Gasteiger partial charge in [-0.3, -0.25) is 9.48 Å². The highest BCUT2D eigenvalue weighted by atomic mass is 16.1. The quantitative estimate of drug-likeness (QED) is 0.590. The van der Waals surface area contributed by atoms with Gasteiger partial charge in [-0.25, -0.2) is 0 Å². The third kappa shape index (κ3) is 0.792. The fraction of sp³-hybridized carbons (Fsp3) is 0.429. The minimum atomic E-state index is -0.547. The van der Waals surface area contributed by atoms with Gasteiger partial charge in [0.25, 0.3) is 5.91 Å². The number of hydrogen-bond acceptors (Lipinski definition) is 3. The summed E-state index contributed by atoms with van der Waals surface area (Å²) in [6.07, 6.45) is 1.94. The summed E-state index contributed by atoms with van der Waals surface area (Å²) in [4.78, 5) is 10.8. The van der Waals surface area contributed by atoms with E-state index in [1.54, 1.807) is 4.68 Å². The van der Waals surface area contributed by atoms with Crippen molar-refractivity contribution in [3.63, 3.8) is 0 Å². The first-order valence-corrected chi connectivity index (χ1v) is 3.85. The number of carbonyl (C=O) groups excluding carboxylic acids is 1. The highest BCUT2D eigenvalue weighted by Gasteiger charge is 2.21. The number of rotatable bonds is 1. The lowest BCUT2D eigenvalue weighted by atomic mass is 10.2. The molecule has 0 radical (unpaired) electrons. The predicted octanol–water partition coefficient (Wildman–Crippen LogP) is -0.490. The molecule has 1 aliphatic rings. The molecule has 0 spiro atoms. The molecular weight excluding hydrogens is 156 g/mol. The maximum atomic E-state index is 10.8. The van der Waals surface area contributed by atoms with Crippen LogP contribution in [0, 0.1) is 0 Å². The van der Waals surface area contributed by atoms with E-state index in [1.165, 1.54) is 0 Å². The Morgan fingerprint density at radius 3 is 2.92 bits per heavy atom. The zero-order chi connectivity index (χ0) is 8.72. The van der Waals surface area contributed by atoms with Crippen LogP contribution >= 0.6 is 0 Å². The number of nitrogen functional groups attached to an aromatic ring is 1. The lowest BCUT2D eigenvalue weighted by Gasteiger charge is -1.91. The summed E-state index contributed by atoms with van der Waals surface area (Å²) in [7, 11) is 0. The van der Waals surface area contributed by atoms with Crippen LogP contribution in [0.5, 0.6) is 0 Å². The first-order valence-electron chi connectivity index (χ1n) is 3.85. The van der Waals surface area contributed by atoms with Crippen molar-refractivity contribution in [2.24, 2.45) is 5.73 Å². The molecule has 0 atom stereocenters. The Hall–Kier alpha value is -1.52. The Morgan fingerprint density at radius 2 is 2.33 bits per heavy atom. The molecule has 0 aromatic carbocycles. The number of aromatic nitrogens is 2. The normalized spacial score (nSPS) is 14.7. The maximum Gasteiger partial charge on any atom is 0.271 e. The van der Waals surface area contributed by atoms with Crippen LogP contribution in [0.3, 0.4) is 0 Å². The van der Waals surface area contributed by atoms with Crippen molar-refractivity contribution < 1.29 is 4.79 Å². The van der Waals surface area contributed by atoms with Gasteiger partial charge >= 0.3 is 0 Å². The smallest absolute Gasteiger partial charge is 0.271 e. The second-order valence-corrected chi connectivity index (χ2v) is 2.90. The van der Waals surface area contributed by atoms with Gasteiger partial charge in [-0.05, 0) is 12.8 Å². The highest BCUT2D eigenvalue weighted by Crippen LogP contribution is 2.23. The van der Waals surface area contributed by atoms with Gasteiger partial charge in [-0.2, -0.15) is 5.10 Å². The zero-order valence-corrected chi connectivity index (χ0v) is 6.58. The molecule has 1 aromatic heterocycles. The fourth-order valence-corrected chi connectivity index (χ4v) is 1.54. The average molecular weight is 166 g/mol. The summed E-state index contributed by atoms with van der Waals surface area (Å²) in [5, 5.41) is 4.01. The second-order valence-electron chi connectivity index (χ2n) is 2.90. The van der Waals surface area contributed by atoms with Crippen molar-refractivity contribution >= 4 is 11.6 Å². The number of nitrogens with zero attached hydrogens (tertiary/aromatic N) is 2. The molecule has 0 saturated carbocycles. The first-order chi connectivity index (χ1) is 5.70. The van der Waals surface area contributed by atoms with E-state index in [4.69, 9.17) is 11.5 Å². The van der Waals surface area contributed by atoms with E-state index < -0.39 is 5.91 Å². The number of nitrogens with two attached hydrogens (primary N) is 2. The Balaban J connectivity index is 2.54. The number of carbonyl (C=O) groups is 1.